The van der Waals surface area contributed by atoms with E-state index in [1.165, 1.54) is 37.0 Å². The van der Waals surface area contributed by atoms with Crippen LogP contribution in [0.2, 0.25) is 0 Å². The molecule has 0 bridgehead atoms. The molecule has 1 aromatic heterocycles. The Bertz CT molecular complexity index is 476. The molecule has 0 spiro atoms. The Morgan fingerprint density at radius 1 is 1.35 bits per heavy atom. The van der Waals surface area contributed by atoms with Crippen molar-refractivity contribution < 1.29 is 4.79 Å². The van der Waals surface area contributed by atoms with Crippen molar-refractivity contribution in [2.75, 3.05) is 0 Å². The van der Waals surface area contributed by atoms with Gasteiger partial charge in [0.15, 0.2) is 0 Å². The van der Waals surface area contributed by atoms with Crippen molar-refractivity contribution >= 4 is 33.2 Å². The van der Waals surface area contributed by atoms with E-state index < -0.39 is 0 Å². The predicted octanol–water partition coefficient (Wildman–Crippen LogP) is 3.44. The monoisotopic (exact) mass is 356 g/mol. The van der Waals surface area contributed by atoms with E-state index in [2.05, 4.69) is 32.6 Å². The van der Waals surface area contributed by atoms with Crippen molar-refractivity contribution in [3.63, 3.8) is 0 Å². The molecule has 3 nitrogen and oxygen atoms in total. The number of carbonyl (C=O) groups is 1. The van der Waals surface area contributed by atoms with Crippen LogP contribution in [-0.4, -0.2) is 18.0 Å². The highest BCUT2D eigenvalue weighted by molar-refractivity contribution is 9.10. The van der Waals surface area contributed by atoms with E-state index in [0.29, 0.717) is 12.6 Å². The van der Waals surface area contributed by atoms with Gasteiger partial charge in [-0.3, -0.25) is 4.79 Å². The highest BCUT2D eigenvalue weighted by Crippen LogP contribution is 2.32. The first kappa shape index (κ1) is 14.5. The van der Waals surface area contributed by atoms with Crippen LogP contribution in [0.25, 0.3) is 0 Å². The standard InChI is InChI=1S/C15H21BrN2OS/c16-11-7-12(20-9-11)8-17-15(19)14-6-5-10-3-1-2-4-13(10)18-14/h7,9-10,13-14,18H,1-6,8H2,(H,17,19). The van der Waals surface area contributed by atoms with E-state index in [1.807, 2.05) is 5.38 Å². The van der Waals surface area contributed by atoms with Crippen molar-refractivity contribution in [3.8, 4) is 0 Å². The Labute approximate surface area is 132 Å². The van der Waals surface area contributed by atoms with Gasteiger partial charge in [0.1, 0.15) is 0 Å². The number of nitrogens with one attached hydrogen (secondary N) is 2. The molecule has 1 aromatic rings. The lowest BCUT2D eigenvalue weighted by Crippen LogP contribution is -2.54. The van der Waals surface area contributed by atoms with Gasteiger partial charge in [-0.15, -0.1) is 11.3 Å². The van der Waals surface area contributed by atoms with Gasteiger partial charge in [0.2, 0.25) is 5.91 Å². The van der Waals surface area contributed by atoms with E-state index >= 15 is 0 Å². The summed E-state index contributed by atoms with van der Waals surface area (Å²) in [5.74, 6) is 0.972. The van der Waals surface area contributed by atoms with E-state index in [0.717, 1.165) is 16.8 Å². The van der Waals surface area contributed by atoms with E-state index in [1.54, 1.807) is 11.3 Å². The van der Waals surface area contributed by atoms with E-state index in [4.69, 9.17) is 0 Å². The topological polar surface area (TPSA) is 41.1 Å². The number of fused-ring (bicyclic) bond motifs is 1. The SMILES string of the molecule is O=C(NCc1cc(Br)cs1)C1CCC2CCCCC2N1. The molecule has 1 aliphatic heterocycles. The van der Waals surface area contributed by atoms with Crippen LogP contribution in [0.1, 0.15) is 43.4 Å². The quantitative estimate of drug-likeness (QED) is 0.870. The maximum atomic E-state index is 12.3. The molecule has 1 saturated carbocycles. The lowest BCUT2D eigenvalue weighted by Gasteiger charge is -2.39. The number of thiophene rings is 1. The number of piperidine rings is 1. The van der Waals surface area contributed by atoms with E-state index in [9.17, 15) is 4.79 Å². The second-order valence-electron chi connectivity index (χ2n) is 5.90. The molecular weight excluding hydrogens is 336 g/mol. The minimum Gasteiger partial charge on any atom is -0.350 e. The van der Waals surface area contributed by atoms with Crippen LogP contribution in [0.15, 0.2) is 15.9 Å². The fourth-order valence-corrected chi connectivity index (χ4v) is 4.84. The van der Waals surface area contributed by atoms with Gasteiger partial charge in [-0.2, -0.15) is 0 Å². The van der Waals surface area contributed by atoms with Crippen molar-refractivity contribution in [1.29, 1.82) is 0 Å². The number of hydrogen-bond donors (Lipinski definition) is 2. The number of hydrogen-bond acceptors (Lipinski definition) is 3. The second kappa shape index (κ2) is 6.58. The van der Waals surface area contributed by atoms with Crippen molar-refractivity contribution in [1.82, 2.24) is 10.6 Å². The van der Waals surface area contributed by atoms with Gasteiger partial charge in [-0.05, 0) is 53.6 Å². The third kappa shape index (κ3) is 3.43. The lowest BCUT2D eigenvalue weighted by molar-refractivity contribution is -0.124. The van der Waals surface area contributed by atoms with Gasteiger partial charge >= 0.3 is 0 Å². The normalized spacial score (nSPS) is 29.8. The third-order valence-corrected chi connectivity index (χ3v) is 6.22. The summed E-state index contributed by atoms with van der Waals surface area (Å²) in [6, 6.07) is 2.65. The maximum Gasteiger partial charge on any atom is 0.237 e. The van der Waals surface area contributed by atoms with Crippen LogP contribution in [0, 0.1) is 5.92 Å². The van der Waals surface area contributed by atoms with Gasteiger partial charge in [0.25, 0.3) is 0 Å². The highest BCUT2D eigenvalue weighted by Gasteiger charge is 2.34. The van der Waals surface area contributed by atoms with Crippen molar-refractivity contribution in [2.45, 2.75) is 57.2 Å². The van der Waals surface area contributed by atoms with Gasteiger partial charge < -0.3 is 10.6 Å². The van der Waals surface area contributed by atoms with E-state index in [-0.39, 0.29) is 11.9 Å². The average molecular weight is 357 g/mol. The first-order valence-corrected chi connectivity index (χ1v) is 9.16. The molecular formula is C15H21BrN2OS. The molecule has 5 heteroatoms. The molecule has 3 unspecified atom stereocenters. The molecule has 20 heavy (non-hydrogen) atoms. The zero-order valence-corrected chi connectivity index (χ0v) is 13.9. The Morgan fingerprint density at radius 2 is 2.20 bits per heavy atom. The van der Waals surface area contributed by atoms with Crippen LogP contribution < -0.4 is 10.6 Å². The zero-order chi connectivity index (χ0) is 13.9. The predicted molar refractivity (Wildman–Crippen MR) is 85.8 cm³/mol. The summed E-state index contributed by atoms with van der Waals surface area (Å²) in [5.41, 5.74) is 0. The summed E-state index contributed by atoms with van der Waals surface area (Å²) in [4.78, 5) is 13.5. The molecule has 110 valence electrons. The zero-order valence-electron chi connectivity index (χ0n) is 11.5. The molecule has 1 amide bonds. The minimum absolute atomic E-state index is 0.0118. The summed E-state index contributed by atoms with van der Waals surface area (Å²) in [6.45, 7) is 0.640. The van der Waals surface area contributed by atoms with Crippen molar-refractivity contribution in [2.24, 2.45) is 5.92 Å². The number of amides is 1. The van der Waals surface area contributed by atoms with Crippen LogP contribution >= 0.6 is 27.3 Å². The van der Waals surface area contributed by atoms with Crippen LogP contribution in [0.3, 0.4) is 0 Å². The van der Waals surface area contributed by atoms with Crippen LogP contribution in [0.5, 0.6) is 0 Å². The molecule has 1 saturated heterocycles. The average Bonchev–Trinajstić information content (AvgIpc) is 2.90. The molecule has 2 aliphatic rings. The van der Waals surface area contributed by atoms with Gasteiger partial charge in [0, 0.05) is 20.8 Å². The minimum atomic E-state index is 0.0118. The van der Waals surface area contributed by atoms with Gasteiger partial charge in [-0.1, -0.05) is 12.8 Å². The fraction of sp³-hybridized carbons (Fsp3) is 0.667. The lowest BCUT2D eigenvalue weighted by atomic mass is 9.77. The fourth-order valence-electron chi connectivity index (χ4n) is 3.45. The Hall–Kier alpha value is -0.390. The Kier molecular flexibility index (Phi) is 4.79. The summed E-state index contributed by atoms with van der Waals surface area (Å²) < 4.78 is 1.09. The third-order valence-electron chi connectivity index (χ3n) is 4.53. The summed E-state index contributed by atoms with van der Waals surface area (Å²) >= 11 is 5.11. The van der Waals surface area contributed by atoms with Crippen LogP contribution in [-0.2, 0) is 11.3 Å². The number of rotatable bonds is 3. The summed E-state index contributed by atoms with van der Waals surface area (Å²) in [6.07, 6.45) is 7.46. The number of halogens is 1. The Morgan fingerprint density at radius 3 is 3.00 bits per heavy atom. The molecule has 3 rings (SSSR count). The molecule has 2 N–H and O–H groups in total. The van der Waals surface area contributed by atoms with Gasteiger partial charge in [-0.25, -0.2) is 0 Å². The largest absolute Gasteiger partial charge is 0.350 e. The maximum absolute atomic E-state index is 12.3. The Balaban J connectivity index is 1.50. The number of carbonyl (C=O) groups excluding carboxylic acids is 1. The molecule has 2 fully saturated rings. The molecule has 3 atom stereocenters. The first-order valence-electron chi connectivity index (χ1n) is 7.49. The summed E-state index contributed by atoms with van der Waals surface area (Å²) in [7, 11) is 0. The smallest absolute Gasteiger partial charge is 0.237 e. The summed E-state index contributed by atoms with van der Waals surface area (Å²) in [5, 5.41) is 8.69. The van der Waals surface area contributed by atoms with Crippen LogP contribution in [0.4, 0.5) is 0 Å². The van der Waals surface area contributed by atoms with Crippen molar-refractivity contribution in [3.05, 3.63) is 20.8 Å². The molecule has 2 heterocycles. The molecule has 1 aliphatic carbocycles. The second-order valence-corrected chi connectivity index (χ2v) is 7.81. The first-order chi connectivity index (χ1) is 9.72. The highest BCUT2D eigenvalue weighted by atomic mass is 79.9. The van der Waals surface area contributed by atoms with Gasteiger partial charge in [0.05, 0.1) is 12.6 Å². The molecule has 0 aromatic carbocycles. The molecule has 0 radical (unpaired) electrons.